The number of nitrogens with zero attached hydrogens (tertiary/aromatic N) is 6. The first kappa shape index (κ1) is 21.5. The Morgan fingerprint density at radius 1 is 0.909 bits per heavy atom. The third-order valence-electron chi connectivity index (χ3n) is 5.68. The molecule has 33 heavy (non-hydrogen) atoms. The number of anilines is 1. The summed E-state index contributed by atoms with van der Waals surface area (Å²) in [6, 6.07) is 17.8. The van der Waals surface area contributed by atoms with Gasteiger partial charge in [-0.05, 0) is 62.6 Å². The van der Waals surface area contributed by atoms with Crippen molar-refractivity contribution in [2.75, 3.05) is 25.1 Å². The van der Waals surface area contributed by atoms with Crippen molar-refractivity contribution in [1.29, 1.82) is 0 Å². The van der Waals surface area contributed by atoms with Gasteiger partial charge in [-0.2, -0.15) is 0 Å². The Balaban J connectivity index is 1.41. The molecule has 1 unspecified atom stereocenters. The maximum Gasteiger partial charge on any atom is 0.247 e. The predicted molar refractivity (Wildman–Crippen MR) is 128 cm³/mol. The fourth-order valence-corrected chi connectivity index (χ4v) is 4.79. The minimum atomic E-state index is -0.0923. The van der Waals surface area contributed by atoms with Crippen LogP contribution in [0.15, 0.2) is 64.2 Å². The molecule has 0 N–H and O–H groups in total. The molecule has 4 aromatic rings. The number of ether oxygens (including phenoxy) is 1. The van der Waals surface area contributed by atoms with Gasteiger partial charge in [-0.25, -0.2) is 0 Å². The number of aromatic nitrogens is 5. The molecular formula is C24H26N6O2S. The maximum absolute atomic E-state index is 5.99. The van der Waals surface area contributed by atoms with Crippen LogP contribution in [-0.2, 0) is 0 Å². The van der Waals surface area contributed by atoms with Crippen LogP contribution in [0, 0.1) is 0 Å². The van der Waals surface area contributed by atoms with Crippen molar-refractivity contribution in [2.24, 2.45) is 0 Å². The lowest BCUT2D eigenvalue weighted by Gasteiger charge is -2.27. The van der Waals surface area contributed by atoms with Crippen molar-refractivity contribution in [3.63, 3.8) is 0 Å². The van der Waals surface area contributed by atoms with Gasteiger partial charge in [-0.3, -0.25) is 4.57 Å². The van der Waals surface area contributed by atoms with Crippen LogP contribution in [0.25, 0.3) is 17.1 Å². The number of benzene rings is 2. The Labute approximate surface area is 197 Å². The molecule has 0 spiro atoms. The fraction of sp³-hybridized carbons (Fsp3) is 0.333. The Morgan fingerprint density at radius 2 is 1.67 bits per heavy atom. The van der Waals surface area contributed by atoms with Crippen LogP contribution < -0.4 is 9.64 Å². The highest BCUT2D eigenvalue weighted by molar-refractivity contribution is 7.99. The summed E-state index contributed by atoms with van der Waals surface area (Å²) in [6.45, 7) is 4.04. The molecule has 1 atom stereocenters. The van der Waals surface area contributed by atoms with Gasteiger partial charge in [0, 0.05) is 18.7 Å². The van der Waals surface area contributed by atoms with E-state index in [-0.39, 0.29) is 5.25 Å². The number of thioether (sulfide) groups is 1. The molecule has 9 heteroatoms. The van der Waals surface area contributed by atoms with E-state index in [1.54, 1.807) is 18.9 Å². The first-order chi connectivity index (χ1) is 16.2. The van der Waals surface area contributed by atoms with Crippen molar-refractivity contribution in [2.45, 2.75) is 36.6 Å². The number of piperidine rings is 1. The molecule has 8 nitrogen and oxygen atoms in total. The van der Waals surface area contributed by atoms with Gasteiger partial charge in [0.2, 0.25) is 17.7 Å². The normalized spacial score (nSPS) is 14.9. The van der Waals surface area contributed by atoms with Crippen molar-refractivity contribution >= 4 is 17.7 Å². The third-order valence-corrected chi connectivity index (χ3v) is 6.71. The van der Waals surface area contributed by atoms with Gasteiger partial charge in [-0.1, -0.05) is 30.0 Å². The van der Waals surface area contributed by atoms with Crippen LogP contribution in [0.4, 0.5) is 5.95 Å². The van der Waals surface area contributed by atoms with Crippen molar-refractivity contribution < 1.29 is 9.15 Å². The molecule has 1 aliphatic rings. The average molecular weight is 463 g/mol. The SMILES string of the molecule is COc1ccc(-c2nnc(C(C)Sc3nnc(N4CCCCC4)n3-c3ccccc3)o2)cc1. The number of hydrogen-bond donors (Lipinski definition) is 0. The van der Waals surface area contributed by atoms with Crippen LogP contribution in [0.2, 0.25) is 0 Å². The first-order valence-corrected chi connectivity index (χ1v) is 12.0. The molecule has 2 aromatic carbocycles. The van der Waals surface area contributed by atoms with Gasteiger partial charge in [0.05, 0.1) is 18.0 Å². The standard InChI is InChI=1S/C24H26N6O2S/c1-17(21-25-26-22(32-21)18-11-13-20(31-2)14-12-18)33-24-28-27-23(29-15-7-4-8-16-29)30(24)19-9-5-3-6-10-19/h3,5-6,9-14,17H,4,7-8,15-16H2,1-2H3. The van der Waals surface area contributed by atoms with E-state index in [9.17, 15) is 0 Å². The summed E-state index contributed by atoms with van der Waals surface area (Å²) in [5, 5.41) is 18.4. The van der Waals surface area contributed by atoms with Gasteiger partial charge in [-0.15, -0.1) is 20.4 Å². The number of hydrogen-bond acceptors (Lipinski definition) is 8. The molecule has 0 amide bonds. The molecule has 2 aromatic heterocycles. The summed E-state index contributed by atoms with van der Waals surface area (Å²) < 4.78 is 13.3. The quantitative estimate of drug-likeness (QED) is 0.348. The molecule has 1 saturated heterocycles. The summed E-state index contributed by atoms with van der Waals surface area (Å²) in [5.41, 5.74) is 1.90. The number of para-hydroxylation sites is 1. The monoisotopic (exact) mass is 462 g/mol. The van der Waals surface area contributed by atoms with Crippen LogP contribution in [0.3, 0.4) is 0 Å². The first-order valence-electron chi connectivity index (χ1n) is 11.1. The summed E-state index contributed by atoms with van der Waals surface area (Å²) in [7, 11) is 1.64. The number of methoxy groups -OCH3 is 1. The Morgan fingerprint density at radius 3 is 2.39 bits per heavy atom. The summed E-state index contributed by atoms with van der Waals surface area (Å²) in [4.78, 5) is 2.33. The van der Waals surface area contributed by atoms with E-state index in [2.05, 4.69) is 42.0 Å². The largest absolute Gasteiger partial charge is 0.497 e. The summed E-state index contributed by atoms with van der Waals surface area (Å²) in [5.74, 6) is 2.71. The fourth-order valence-electron chi connectivity index (χ4n) is 3.90. The van der Waals surface area contributed by atoms with Crippen LogP contribution in [-0.4, -0.2) is 45.2 Å². The molecule has 1 aliphatic heterocycles. The van der Waals surface area contributed by atoms with Crippen molar-refractivity contribution in [3.05, 3.63) is 60.5 Å². The Hall–Kier alpha value is -3.33. The lowest BCUT2D eigenvalue weighted by Crippen LogP contribution is -2.31. The van der Waals surface area contributed by atoms with E-state index in [1.807, 2.05) is 49.4 Å². The van der Waals surface area contributed by atoms with E-state index in [1.165, 1.54) is 19.3 Å². The van der Waals surface area contributed by atoms with Gasteiger partial charge >= 0.3 is 0 Å². The predicted octanol–water partition coefficient (Wildman–Crippen LogP) is 5.17. The second kappa shape index (κ2) is 9.66. The van der Waals surface area contributed by atoms with Gasteiger partial charge in [0.15, 0.2) is 5.16 Å². The molecule has 0 bridgehead atoms. The molecule has 0 saturated carbocycles. The van der Waals surface area contributed by atoms with E-state index in [0.717, 1.165) is 41.2 Å². The van der Waals surface area contributed by atoms with Gasteiger partial charge < -0.3 is 14.1 Å². The highest BCUT2D eigenvalue weighted by Gasteiger charge is 2.25. The highest BCUT2D eigenvalue weighted by atomic mass is 32.2. The zero-order chi connectivity index (χ0) is 22.6. The second-order valence-corrected chi connectivity index (χ2v) is 9.24. The molecule has 3 heterocycles. The smallest absolute Gasteiger partial charge is 0.247 e. The van der Waals surface area contributed by atoms with Crippen LogP contribution in [0.5, 0.6) is 5.75 Å². The van der Waals surface area contributed by atoms with E-state index >= 15 is 0 Å². The minimum absolute atomic E-state index is 0.0923. The van der Waals surface area contributed by atoms with Crippen molar-refractivity contribution in [1.82, 2.24) is 25.0 Å². The highest BCUT2D eigenvalue weighted by Crippen LogP contribution is 2.37. The molecule has 0 radical (unpaired) electrons. The molecular weight excluding hydrogens is 436 g/mol. The lowest BCUT2D eigenvalue weighted by molar-refractivity contribution is 0.415. The molecule has 1 fully saturated rings. The summed E-state index contributed by atoms with van der Waals surface area (Å²) >= 11 is 1.56. The molecule has 5 rings (SSSR count). The van der Waals surface area contributed by atoms with Gasteiger partial charge in [0.1, 0.15) is 5.75 Å². The van der Waals surface area contributed by atoms with E-state index < -0.39 is 0 Å². The topological polar surface area (TPSA) is 82.1 Å². The molecule has 170 valence electrons. The Bertz CT molecular complexity index is 1190. The zero-order valence-corrected chi connectivity index (χ0v) is 19.5. The Kier molecular flexibility index (Phi) is 6.30. The number of rotatable bonds is 7. The minimum Gasteiger partial charge on any atom is -0.497 e. The average Bonchev–Trinajstić information content (AvgIpc) is 3.53. The van der Waals surface area contributed by atoms with Crippen LogP contribution >= 0.6 is 11.8 Å². The van der Waals surface area contributed by atoms with Crippen molar-refractivity contribution in [3.8, 4) is 22.9 Å². The maximum atomic E-state index is 5.99. The molecule has 0 aliphatic carbocycles. The van der Waals surface area contributed by atoms with Crippen LogP contribution in [0.1, 0.15) is 37.3 Å². The van der Waals surface area contributed by atoms with E-state index in [0.29, 0.717) is 11.8 Å². The second-order valence-electron chi connectivity index (χ2n) is 7.94. The lowest BCUT2D eigenvalue weighted by atomic mass is 10.1. The zero-order valence-electron chi connectivity index (χ0n) is 18.7. The third kappa shape index (κ3) is 4.59. The summed E-state index contributed by atoms with van der Waals surface area (Å²) in [6.07, 6.45) is 3.62. The van der Waals surface area contributed by atoms with E-state index in [4.69, 9.17) is 9.15 Å². The van der Waals surface area contributed by atoms with Gasteiger partial charge in [0.25, 0.3) is 0 Å².